The van der Waals surface area contributed by atoms with Crippen LogP contribution >= 0.6 is 0 Å². The van der Waals surface area contributed by atoms with Crippen molar-refractivity contribution in [2.45, 2.75) is 13.8 Å². The van der Waals surface area contributed by atoms with E-state index in [2.05, 4.69) is 5.43 Å². The summed E-state index contributed by atoms with van der Waals surface area (Å²) < 4.78 is 0. The van der Waals surface area contributed by atoms with Crippen molar-refractivity contribution < 1.29 is 9.59 Å². The number of para-hydroxylation sites is 1. The van der Waals surface area contributed by atoms with Gasteiger partial charge in [-0.2, -0.15) is 0 Å². The fourth-order valence-corrected chi connectivity index (χ4v) is 1.84. The number of rotatable bonds is 2. The maximum Gasteiger partial charge on any atom is 0.258 e. The first-order valence-corrected chi connectivity index (χ1v) is 5.31. The van der Waals surface area contributed by atoms with Gasteiger partial charge in [-0.1, -0.05) is 32.0 Å². The number of nitrogens with one attached hydrogen (secondary N) is 1. The van der Waals surface area contributed by atoms with Crippen LogP contribution < -0.4 is 10.4 Å². The van der Waals surface area contributed by atoms with Crippen molar-refractivity contribution in [3.05, 3.63) is 30.3 Å². The molecule has 1 atom stereocenters. The molecule has 1 aliphatic rings. The second-order valence-corrected chi connectivity index (χ2v) is 4.21. The first-order chi connectivity index (χ1) is 7.61. The van der Waals surface area contributed by atoms with Gasteiger partial charge < -0.3 is 0 Å². The highest BCUT2D eigenvalue weighted by atomic mass is 16.2. The van der Waals surface area contributed by atoms with Crippen molar-refractivity contribution in [3.8, 4) is 0 Å². The smallest absolute Gasteiger partial charge is 0.258 e. The molecule has 0 aromatic heterocycles. The SMILES string of the molecule is CC(C)C1C(=O)NN(c2ccccc2)C1=O. The highest BCUT2D eigenvalue weighted by molar-refractivity contribution is 6.14. The predicted octanol–water partition coefficient (Wildman–Crippen LogP) is 1.34. The van der Waals surface area contributed by atoms with Gasteiger partial charge in [-0.05, 0) is 18.1 Å². The number of hydrogen-bond acceptors (Lipinski definition) is 2. The molecule has 1 fully saturated rings. The molecule has 0 bridgehead atoms. The summed E-state index contributed by atoms with van der Waals surface area (Å²) >= 11 is 0. The molecule has 2 amide bonds. The lowest BCUT2D eigenvalue weighted by Crippen LogP contribution is -2.35. The van der Waals surface area contributed by atoms with Crippen LogP contribution in [0.2, 0.25) is 0 Å². The van der Waals surface area contributed by atoms with E-state index >= 15 is 0 Å². The minimum Gasteiger partial charge on any atom is -0.272 e. The van der Waals surface area contributed by atoms with Crippen molar-refractivity contribution in [1.82, 2.24) is 5.43 Å². The molecule has 1 unspecified atom stereocenters. The van der Waals surface area contributed by atoms with Gasteiger partial charge in [-0.3, -0.25) is 15.0 Å². The van der Waals surface area contributed by atoms with Gasteiger partial charge in [0.2, 0.25) is 0 Å². The first kappa shape index (κ1) is 10.7. The highest BCUT2D eigenvalue weighted by Crippen LogP contribution is 2.24. The fourth-order valence-electron chi connectivity index (χ4n) is 1.84. The Morgan fingerprint density at radius 2 is 1.81 bits per heavy atom. The number of carbonyl (C=O) groups excluding carboxylic acids is 2. The van der Waals surface area contributed by atoms with E-state index in [1.807, 2.05) is 32.0 Å². The van der Waals surface area contributed by atoms with Crippen molar-refractivity contribution in [2.75, 3.05) is 5.01 Å². The largest absolute Gasteiger partial charge is 0.272 e. The van der Waals surface area contributed by atoms with E-state index in [1.54, 1.807) is 12.1 Å². The molecule has 1 aromatic carbocycles. The molecule has 0 spiro atoms. The number of benzene rings is 1. The highest BCUT2D eigenvalue weighted by Gasteiger charge is 2.41. The third kappa shape index (κ3) is 1.66. The molecule has 1 aromatic rings. The zero-order valence-electron chi connectivity index (χ0n) is 9.31. The quantitative estimate of drug-likeness (QED) is 0.761. The predicted molar refractivity (Wildman–Crippen MR) is 60.4 cm³/mol. The number of anilines is 1. The van der Waals surface area contributed by atoms with Crippen molar-refractivity contribution in [2.24, 2.45) is 11.8 Å². The van der Waals surface area contributed by atoms with Gasteiger partial charge in [0, 0.05) is 0 Å². The van der Waals surface area contributed by atoms with E-state index < -0.39 is 5.92 Å². The second-order valence-electron chi connectivity index (χ2n) is 4.21. The van der Waals surface area contributed by atoms with E-state index in [1.165, 1.54) is 5.01 Å². The minimum absolute atomic E-state index is 0.0150. The van der Waals surface area contributed by atoms with Gasteiger partial charge in [0.05, 0.1) is 5.69 Å². The summed E-state index contributed by atoms with van der Waals surface area (Å²) in [5, 5.41) is 1.33. The molecule has 0 radical (unpaired) electrons. The Balaban J connectivity index is 2.28. The maximum absolute atomic E-state index is 12.0. The Kier molecular flexibility index (Phi) is 2.64. The summed E-state index contributed by atoms with van der Waals surface area (Å²) in [6, 6.07) is 9.11. The summed E-state index contributed by atoms with van der Waals surface area (Å²) in [7, 11) is 0. The third-order valence-electron chi connectivity index (χ3n) is 2.67. The zero-order valence-corrected chi connectivity index (χ0v) is 9.31. The van der Waals surface area contributed by atoms with Crippen LogP contribution in [0.1, 0.15) is 13.8 Å². The van der Waals surface area contributed by atoms with E-state index in [9.17, 15) is 9.59 Å². The second kappa shape index (κ2) is 3.96. The lowest BCUT2D eigenvalue weighted by atomic mass is 9.95. The van der Waals surface area contributed by atoms with Crippen molar-refractivity contribution in [1.29, 1.82) is 0 Å². The van der Waals surface area contributed by atoms with E-state index in [0.717, 1.165) is 0 Å². The Hall–Kier alpha value is -1.84. The van der Waals surface area contributed by atoms with Crippen LogP contribution in [-0.4, -0.2) is 11.8 Å². The molecule has 2 rings (SSSR count). The summed E-state index contributed by atoms with van der Waals surface area (Å²) in [5.41, 5.74) is 3.29. The monoisotopic (exact) mass is 218 g/mol. The minimum atomic E-state index is -0.569. The molecular formula is C12H14N2O2. The fraction of sp³-hybridized carbons (Fsp3) is 0.333. The average molecular weight is 218 g/mol. The van der Waals surface area contributed by atoms with E-state index in [4.69, 9.17) is 0 Å². The molecule has 1 saturated heterocycles. The summed E-state index contributed by atoms with van der Waals surface area (Å²) in [6.07, 6.45) is 0. The number of hydrogen-bond donors (Lipinski definition) is 1. The zero-order chi connectivity index (χ0) is 11.7. The van der Waals surface area contributed by atoms with Gasteiger partial charge in [0.15, 0.2) is 0 Å². The number of hydrazine groups is 1. The van der Waals surface area contributed by atoms with Gasteiger partial charge in [0.25, 0.3) is 11.8 Å². The summed E-state index contributed by atoms with van der Waals surface area (Å²) in [4.78, 5) is 23.6. The van der Waals surface area contributed by atoms with Crippen LogP contribution in [0.25, 0.3) is 0 Å². The number of amides is 2. The van der Waals surface area contributed by atoms with Crippen molar-refractivity contribution >= 4 is 17.5 Å². The lowest BCUT2D eigenvalue weighted by molar-refractivity contribution is -0.129. The molecule has 1 aliphatic heterocycles. The van der Waals surface area contributed by atoms with Crippen LogP contribution in [0.4, 0.5) is 5.69 Å². The molecule has 4 nitrogen and oxygen atoms in total. The Morgan fingerprint density at radius 3 is 2.31 bits per heavy atom. The van der Waals surface area contributed by atoms with Gasteiger partial charge in [-0.25, -0.2) is 5.01 Å². The van der Waals surface area contributed by atoms with E-state index in [-0.39, 0.29) is 17.7 Å². The molecule has 1 heterocycles. The molecule has 84 valence electrons. The summed E-state index contributed by atoms with van der Waals surface area (Å²) in [5.74, 6) is -0.948. The third-order valence-corrected chi connectivity index (χ3v) is 2.67. The molecule has 16 heavy (non-hydrogen) atoms. The van der Waals surface area contributed by atoms with Crippen LogP contribution in [0.3, 0.4) is 0 Å². The Morgan fingerprint density at radius 1 is 1.19 bits per heavy atom. The van der Waals surface area contributed by atoms with Crippen LogP contribution in [-0.2, 0) is 9.59 Å². The van der Waals surface area contributed by atoms with Gasteiger partial charge >= 0.3 is 0 Å². The molecule has 4 heteroatoms. The Labute approximate surface area is 94.2 Å². The number of carbonyl (C=O) groups is 2. The van der Waals surface area contributed by atoms with E-state index in [0.29, 0.717) is 5.69 Å². The maximum atomic E-state index is 12.0. The summed E-state index contributed by atoms with van der Waals surface area (Å²) in [6.45, 7) is 3.74. The molecular weight excluding hydrogens is 204 g/mol. The lowest BCUT2D eigenvalue weighted by Gasteiger charge is -2.15. The van der Waals surface area contributed by atoms with Crippen molar-refractivity contribution in [3.63, 3.8) is 0 Å². The average Bonchev–Trinajstić information content (AvgIpc) is 2.55. The molecule has 1 N–H and O–H groups in total. The normalized spacial score (nSPS) is 20.4. The van der Waals surface area contributed by atoms with Crippen LogP contribution in [0.5, 0.6) is 0 Å². The van der Waals surface area contributed by atoms with Crippen LogP contribution in [0, 0.1) is 11.8 Å². The molecule has 0 saturated carbocycles. The first-order valence-electron chi connectivity index (χ1n) is 5.31. The Bertz CT molecular complexity index is 414. The van der Waals surface area contributed by atoms with Gasteiger partial charge in [-0.15, -0.1) is 0 Å². The number of nitrogens with zero attached hydrogens (tertiary/aromatic N) is 1. The topological polar surface area (TPSA) is 49.4 Å². The standard InChI is InChI=1S/C12H14N2O2/c1-8(2)10-11(15)13-14(12(10)16)9-6-4-3-5-7-9/h3-8,10H,1-2H3,(H,13,15). The van der Waals surface area contributed by atoms with Gasteiger partial charge in [0.1, 0.15) is 5.92 Å². The van der Waals surface area contributed by atoms with Crippen LogP contribution in [0.15, 0.2) is 30.3 Å². The molecule has 0 aliphatic carbocycles.